The molecule has 2 aromatic heterocycles. The van der Waals surface area contributed by atoms with Crippen LogP contribution in [0.4, 0.5) is 0 Å². The molecule has 0 aliphatic heterocycles. The van der Waals surface area contributed by atoms with Crippen LogP contribution < -0.4 is 0 Å². The van der Waals surface area contributed by atoms with Crippen LogP contribution in [-0.4, -0.2) is 24.8 Å². The van der Waals surface area contributed by atoms with Gasteiger partial charge in [0.15, 0.2) is 5.82 Å². The molecule has 0 unspecified atom stereocenters. The quantitative estimate of drug-likeness (QED) is 0.665. The van der Waals surface area contributed by atoms with Crippen molar-refractivity contribution >= 4 is 28.2 Å². The highest BCUT2D eigenvalue weighted by Crippen LogP contribution is 2.08. The first kappa shape index (κ1) is 7.84. The Hall–Kier alpha value is -0.790. The third kappa shape index (κ3) is 1.06. The van der Waals surface area contributed by atoms with E-state index in [0.717, 1.165) is 21.0 Å². The van der Waals surface area contributed by atoms with Gasteiger partial charge in [0.25, 0.3) is 0 Å². The number of rotatable bonds is 0. The summed E-state index contributed by atoms with van der Waals surface area (Å²) in [6.07, 6.45) is 0. The lowest BCUT2D eigenvalue weighted by molar-refractivity contribution is 0.810. The molecule has 2 heterocycles. The van der Waals surface area contributed by atoms with Gasteiger partial charge < -0.3 is 0 Å². The molecule has 0 fully saturated rings. The van der Waals surface area contributed by atoms with E-state index in [1.165, 1.54) is 0 Å². The SMILES string of the molecule is Cc1nc(I)c2nnc(C)n2n1. The molecule has 0 aliphatic rings. The number of hydrogen-bond acceptors (Lipinski definition) is 4. The predicted octanol–water partition coefficient (Wildman–Crippen LogP) is 0.741. The molecular formula is C6H6IN5. The third-order valence-electron chi connectivity index (χ3n) is 1.49. The highest BCUT2D eigenvalue weighted by Gasteiger charge is 2.07. The number of fused-ring (bicyclic) bond motifs is 1. The fourth-order valence-corrected chi connectivity index (χ4v) is 1.65. The molecule has 0 aromatic carbocycles. The Morgan fingerprint density at radius 1 is 1.25 bits per heavy atom. The summed E-state index contributed by atoms with van der Waals surface area (Å²) < 4.78 is 2.53. The van der Waals surface area contributed by atoms with Crippen LogP contribution in [0.2, 0.25) is 0 Å². The molecule has 0 saturated heterocycles. The fraction of sp³-hybridized carbons (Fsp3) is 0.333. The van der Waals surface area contributed by atoms with Crippen molar-refractivity contribution < 1.29 is 0 Å². The maximum atomic E-state index is 4.17. The number of hydrogen-bond donors (Lipinski definition) is 0. The molecule has 62 valence electrons. The number of halogens is 1. The molecule has 0 atom stereocenters. The zero-order valence-corrected chi connectivity index (χ0v) is 8.77. The van der Waals surface area contributed by atoms with Crippen molar-refractivity contribution in [2.75, 3.05) is 0 Å². The van der Waals surface area contributed by atoms with Crippen molar-refractivity contribution in [1.82, 2.24) is 24.8 Å². The Bertz CT molecular complexity index is 435. The van der Waals surface area contributed by atoms with Gasteiger partial charge in [0.2, 0.25) is 5.65 Å². The number of aryl methyl sites for hydroxylation is 2. The van der Waals surface area contributed by atoms with E-state index in [9.17, 15) is 0 Å². The van der Waals surface area contributed by atoms with E-state index in [4.69, 9.17) is 0 Å². The first-order valence-corrected chi connectivity index (χ1v) is 4.48. The average Bonchev–Trinajstić information content (AvgIpc) is 2.33. The monoisotopic (exact) mass is 275 g/mol. The van der Waals surface area contributed by atoms with Crippen molar-refractivity contribution in [1.29, 1.82) is 0 Å². The van der Waals surface area contributed by atoms with Gasteiger partial charge in [0, 0.05) is 0 Å². The van der Waals surface area contributed by atoms with E-state index in [-0.39, 0.29) is 0 Å². The topological polar surface area (TPSA) is 56.0 Å². The van der Waals surface area contributed by atoms with Crippen molar-refractivity contribution in [2.45, 2.75) is 13.8 Å². The second-order valence-electron chi connectivity index (χ2n) is 2.43. The van der Waals surface area contributed by atoms with Gasteiger partial charge in [-0.2, -0.15) is 4.52 Å². The lowest BCUT2D eigenvalue weighted by Gasteiger charge is -1.96. The zero-order chi connectivity index (χ0) is 8.72. The van der Waals surface area contributed by atoms with Gasteiger partial charge in [0.1, 0.15) is 9.53 Å². The first-order valence-electron chi connectivity index (χ1n) is 3.40. The summed E-state index contributed by atoms with van der Waals surface area (Å²) in [5, 5.41) is 12.0. The van der Waals surface area contributed by atoms with E-state index >= 15 is 0 Å². The van der Waals surface area contributed by atoms with Crippen LogP contribution in [0, 0.1) is 17.5 Å². The number of nitrogens with zero attached hydrogens (tertiary/aromatic N) is 5. The molecule has 0 bridgehead atoms. The summed E-state index contributed by atoms with van der Waals surface area (Å²) in [5.74, 6) is 1.52. The smallest absolute Gasteiger partial charge is 0.209 e. The average molecular weight is 275 g/mol. The van der Waals surface area contributed by atoms with E-state index in [1.54, 1.807) is 4.52 Å². The van der Waals surface area contributed by atoms with Crippen LogP contribution in [0.3, 0.4) is 0 Å². The highest BCUT2D eigenvalue weighted by atomic mass is 127. The first-order chi connectivity index (χ1) is 5.68. The maximum absolute atomic E-state index is 4.17. The van der Waals surface area contributed by atoms with E-state index in [2.05, 4.69) is 42.9 Å². The van der Waals surface area contributed by atoms with Gasteiger partial charge in [-0.15, -0.1) is 15.3 Å². The second kappa shape index (κ2) is 2.61. The van der Waals surface area contributed by atoms with Gasteiger partial charge in [-0.3, -0.25) is 0 Å². The van der Waals surface area contributed by atoms with E-state index in [1.807, 2.05) is 13.8 Å². The Morgan fingerprint density at radius 3 is 2.75 bits per heavy atom. The Kier molecular flexibility index (Phi) is 1.71. The predicted molar refractivity (Wildman–Crippen MR) is 50.8 cm³/mol. The fourth-order valence-electron chi connectivity index (χ4n) is 0.965. The minimum absolute atomic E-state index is 0.721. The van der Waals surface area contributed by atoms with Crippen molar-refractivity contribution in [3.8, 4) is 0 Å². The summed E-state index contributed by atoms with van der Waals surface area (Å²) in [4.78, 5) is 4.17. The number of aromatic nitrogens is 5. The minimum Gasteiger partial charge on any atom is -0.221 e. The molecule has 0 radical (unpaired) electrons. The van der Waals surface area contributed by atoms with Gasteiger partial charge in [0.05, 0.1) is 0 Å². The van der Waals surface area contributed by atoms with E-state index < -0.39 is 0 Å². The van der Waals surface area contributed by atoms with Gasteiger partial charge in [-0.1, -0.05) is 0 Å². The van der Waals surface area contributed by atoms with Crippen LogP contribution >= 0.6 is 22.6 Å². The van der Waals surface area contributed by atoms with Crippen molar-refractivity contribution in [2.24, 2.45) is 0 Å². The highest BCUT2D eigenvalue weighted by molar-refractivity contribution is 14.1. The molecule has 0 amide bonds. The van der Waals surface area contributed by atoms with Gasteiger partial charge in [-0.25, -0.2) is 4.98 Å². The van der Waals surface area contributed by atoms with Crippen LogP contribution in [0.1, 0.15) is 11.6 Å². The summed E-state index contributed by atoms with van der Waals surface area (Å²) in [6, 6.07) is 0. The lowest BCUT2D eigenvalue weighted by Crippen LogP contribution is -2.01. The molecular weight excluding hydrogens is 269 g/mol. The van der Waals surface area contributed by atoms with Gasteiger partial charge in [-0.05, 0) is 36.4 Å². The van der Waals surface area contributed by atoms with Gasteiger partial charge >= 0.3 is 0 Å². The summed E-state index contributed by atoms with van der Waals surface area (Å²) >= 11 is 2.12. The Balaban J connectivity index is 2.92. The minimum atomic E-state index is 0.721. The maximum Gasteiger partial charge on any atom is 0.209 e. The normalized spacial score (nSPS) is 10.9. The van der Waals surface area contributed by atoms with Crippen molar-refractivity contribution in [3.63, 3.8) is 0 Å². The largest absolute Gasteiger partial charge is 0.221 e. The third-order valence-corrected chi connectivity index (χ3v) is 2.21. The summed E-state index contributed by atoms with van der Waals surface area (Å²) in [5.41, 5.74) is 0.721. The second-order valence-corrected chi connectivity index (χ2v) is 3.45. The summed E-state index contributed by atoms with van der Waals surface area (Å²) in [7, 11) is 0. The standard InChI is InChI=1S/C6H6IN5/c1-3-8-5(7)6-10-9-4(2)12(6)11-3/h1-2H3. The summed E-state index contributed by atoms with van der Waals surface area (Å²) in [6.45, 7) is 3.71. The molecule has 6 heteroatoms. The molecule has 0 saturated carbocycles. The van der Waals surface area contributed by atoms with Crippen LogP contribution in [0.5, 0.6) is 0 Å². The molecule has 2 aromatic rings. The lowest BCUT2D eigenvalue weighted by atomic mass is 10.6. The van der Waals surface area contributed by atoms with Crippen LogP contribution in [-0.2, 0) is 0 Å². The molecule has 12 heavy (non-hydrogen) atoms. The van der Waals surface area contributed by atoms with Crippen LogP contribution in [0.15, 0.2) is 0 Å². The Labute approximate surface area is 82.4 Å². The molecule has 0 aliphatic carbocycles. The zero-order valence-electron chi connectivity index (χ0n) is 6.61. The van der Waals surface area contributed by atoms with E-state index in [0.29, 0.717) is 0 Å². The Morgan fingerprint density at radius 2 is 2.00 bits per heavy atom. The van der Waals surface area contributed by atoms with Crippen LogP contribution in [0.25, 0.3) is 5.65 Å². The molecule has 0 spiro atoms. The molecule has 5 nitrogen and oxygen atoms in total. The molecule has 0 N–H and O–H groups in total. The van der Waals surface area contributed by atoms with Crippen molar-refractivity contribution in [3.05, 3.63) is 15.3 Å². The molecule has 2 rings (SSSR count).